The summed E-state index contributed by atoms with van der Waals surface area (Å²) < 4.78 is 0. The molecule has 0 bridgehead atoms. The summed E-state index contributed by atoms with van der Waals surface area (Å²) in [6.07, 6.45) is 1.25. The van der Waals surface area contributed by atoms with Gasteiger partial charge in [-0.05, 0) is 24.6 Å². The average molecular weight is 257 g/mol. The van der Waals surface area contributed by atoms with Gasteiger partial charge in [0.05, 0.1) is 6.04 Å². The second-order valence-corrected chi connectivity index (χ2v) is 4.14. The first-order valence-electron chi connectivity index (χ1n) is 5.78. The first-order chi connectivity index (χ1) is 8.04. The Hall–Kier alpha value is -1.22. The van der Waals surface area contributed by atoms with Crippen LogP contribution in [0.2, 0.25) is 5.02 Å². The van der Waals surface area contributed by atoms with E-state index in [9.17, 15) is 4.79 Å². The number of hydrogen-bond donors (Lipinski definition) is 2. The summed E-state index contributed by atoms with van der Waals surface area (Å²) in [6.45, 7) is 6.17. The van der Waals surface area contributed by atoms with Crippen molar-refractivity contribution >= 4 is 17.6 Å². The highest BCUT2D eigenvalue weighted by atomic mass is 35.5. The van der Waals surface area contributed by atoms with Crippen LogP contribution in [0.5, 0.6) is 0 Å². The van der Waals surface area contributed by atoms with Crippen LogP contribution < -0.4 is 10.6 Å². The van der Waals surface area contributed by atoms with E-state index in [2.05, 4.69) is 24.5 Å². The molecule has 0 aliphatic rings. The highest BCUT2D eigenvalue weighted by molar-refractivity contribution is 6.30. The van der Waals surface area contributed by atoms with Crippen molar-refractivity contribution in [2.24, 2.45) is 0 Å². The van der Waals surface area contributed by atoms with Gasteiger partial charge in [-0.15, -0.1) is 0 Å². The fourth-order valence-electron chi connectivity index (χ4n) is 1.10. The van der Waals surface area contributed by atoms with Crippen molar-refractivity contribution in [1.29, 1.82) is 0 Å². The third kappa shape index (κ3) is 6.84. The van der Waals surface area contributed by atoms with E-state index in [-0.39, 0.29) is 12.1 Å². The summed E-state index contributed by atoms with van der Waals surface area (Å²) in [6, 6.07) is 7.18. The maximum absolute atomic E-state index is 11.0. The highest BCUT2D eigenvalue weighted by Crippen LogP contribution is 2.15. The second-order valence-electron chi connectivity index (χ2n) is 3.70. The van der Waals surface area contributed by atoms with Crippen LogP contribution in [0.1, 0.15) is 38.8 Å². The van der Waals surface area contributed by atoms with Gasteiger partial charge < -0.3 is 10.6 Å². The number of halogens is 1. The molecule has 1 atom stereocenters. The Morgan fingerprint density at radius 1 is 1.29 bits per heavy atom. The van der Waals surface area contributed by atoms with Crippen LogP contribution in [0, 0.1) is 0 Å². The van der Waals surface area contributed by atoms with Crippen molar-refractivity contribution in [3.63, 3.8) is 0 Å². The SMILES string of the molecule is CCC.CNC(=O)NC(C)c1ccc(Cl)cc1. The Labute approximate surface area is 109 Å². The van der Waals surface area contributed by atoms with Gasteiger partial charge in [-0.1, -0.05) is 44.0 Å². The lowest BCUT2D eigenvalue weighted by Gasteiger charge is -2.13. The lowest BCUT2D eigenvalue weighted by Crippen LogP contribution is -2.34. The lowest BCUT2D eigenvalue weighted by atomic mass is 10.1. The van der Waals surface area contributed by atoms with Crippen molar-refractivity contribution in [3.8, 4) is 0 Å². The predicted octanol–water partition coefficient (Wildman–Crippen LogP) is 3.75. The van der Waals surface area contributed by atoms with E-state index >= 15 is 0 Å². The van der Waals surface area contributed by atoms with E-state index < -0.39 is 0 Å². The molecule has 1 aromatic rings. The summed E-state index contributed by atoms with van der Waals surface area (Å²) >= 11 is 5.75. The standard InChI is InChI=1S/C10H13ClN2O.C3H8/c1-7(13-10(14)12-2)8-3-5-9(11)6-4-8;1-3-2/h3-7H,1-2H3,(H2,12,13,14);3H2,1-2H3. The number of amides is 2. The van der Waals surface area contributed by atoms with Crippen molar-refractivity contribution in [2.45, 2.75) is 33.2 Å². The van der Waals surface area contributed by atoms with Crippen LogP contribution in [0.3, 0.4) is 0 Å². The normalized spacial score (nSPS) is 10.9. The van der Waals surface area contributed by atoms with Gasteiger partial charge in [0.2, 0.25) is 0 Å². The molecule has 2 amide bonds. The summed E-state index contributed by atoms with van der Waals surface area (Å²) in [7, 11) is 1.59. The number of benzene rings is 1. The monoisotopic (exact) mass is 256 g/mol. The number of carbonyl (C=O) groups is 1. The Morgan fingerprint density at radius 3 is 2.18 bits per heavy atom. The predicted molar refractivity (Wildman–Crippen MR) is 73.4 cm³/mol. The van der Waals surface area contributed by atoms with Crippen LogP contribution in [0.4, 0.5) is 4.79 Å². The highest BCUT2D eigenvalue weighted by Gasteiger charge is 2.06. The molecule has 0 radical (unpaired) electrons. The zero-order chi connectivity index (χ0) is 13.3. The molecule has 0 aliphatic carbocycles. The van der Waals surface area contributed by atoms with Crippen LogP contribution >= 0.6 is 11.6 Å². The van der Waals surface area contributed by atoms with Crippen LogP contribution in [0.25, 0.3) is 0 Å². The molecular weight excluding hydrogens is 236 g/mol. The quantitative estimate of drug-likeness (QED) is 0.831. The van der Waals surface area contributed by atoms with Gasteiger partial charge in [0, 0.05) is 12.1 Å². The number of urea groups is 1. The van der Waals surface area contributed by atoms with Gasteiger partial charge in [0.25, 0.3) is 0 Å². The molecule has 96 valence electrons. The molecule has 3 nitrogen and oxygen atoms in total. The van der Waals surface area contributed by atoms with E-state index in [1.54, 1.807) is 19.2 Å². The minimum absolute atomic E-state index is 0.0211. The molecule has 0 saturated carbocycles. The fourth-order valence-corrected chi connectivity index (χ4v) is 1.23. The molecule has 0 fully saturated rings. The smallest absolute Gasteiger partial charge is 0.315 e. The van der Waals surface area contributed by atoms with E-state index in [0.717, 1.165) is 5.56 Å². The molecule has 1 rings (SSSR count). The maximum atomic E-state index is 11.0. The van der Waals surface area contributed by atoms with Crippen LogP contribution in [-0.4, -0.2) is 13.1 Å². The summed E-state index contributed by atoms with van der Waals surface area (Å²) in [4.78, 5) is 11.0. The zero-order valence-corrected chi connectivity index (χ0v) is 11.6. The van der Waals surface area contributed by atoms with E-state index in [1.165, 1.54) is 6.42 Å². The molecule has 4 heteroatoms. The van der Waals surface area contributed by atoms with Crippen molar-refractivity contribution in [1.82, 2.24) is 10.6 Å². The topological polar surface area (TPSA) is 41.1 Å². The first-order valence-corrected chi connectivity index (χ1v) is 6.16. The third-order valence-corrected chi connectivity index (χ3v) is 2.20. The van der Waals surface area contributed by atoms with Gasteiger partial charge in [-0.25, -0.2) is 4.79 Å². The van der Waals surface area contributed by atoms with E-state index in [1.807, 2.05) is 19.1 Å². The largest absolute Gasteiger partial charge is 0.341 e. The Morgan fingerprint density at radius 2 is 1.76 bits per heavy atom. The number of carbonyl (C=O) groups excluding carboxylic acids is 1. The van der Waals surface area contributed by atoms with E-state index in [0.29, 0.717) is 5.02 Å². The minimum atomic E-state index is -0.188. The molecule has 0 saturated heterocycles. The Balaban J connectivity index is 0.000000770. The minimum Gasteiger partial charge on any atom is -0.341 e. The molecule has 0 aromatic heterocycles. The van der Waals surface area contributed by atoms with E-state index in [4.69, 9.17) is 11.6 Å². The molecule has 17 heavy (non-hydrogen) atoms. The second kappa shape index (κ2) is 8.88. The Kier molecular flexibility index (Phi) is 8.24. The summed E-state index contributed by atoms with van der Waals surface area (Å²) in [5.41, 5.74) is 1.03. The van der Waals surface area contributed by atoms with Crippen LogP contribution in [-0.2, 0) is 0 Å². The number of hydrogen-bond acceptors (Lipinski definition) is 1. The summed E-state index contributed by atoms with van der Waals surface area (Å²) in [5, 5.41) is 5.97. The molecule has 1 aromatic carbocycles. The molecular formula is C13H21ClN2O. The first kappa shape index (κ1) is 15.8. The molecule has 0 spiro atoms. The summed E-state index contributed by atoms with van der Waals surface area (Å²) in [5.74, 6) is 0. The number of nitrogens with one attached hydrogen (secondary N) is 2. The lowest BCUT2D eigenvalue weighted by molar-refractivity contribution is 0.240. The molecule has 1 unspecified atom stereocenters. The zero-order valence-electron chi connectivity index (χ0n) is 10.9. The molecule has 2 N–H and O–H groups in total. The van der Waals surface area contributed by atoms with Gasteiger partial charge in [-0.2, -0.15) is 0 Å². The maximum Gasteiger partial charge on any atom is 0.315 e. The fraction of sp³-hybridized carbons (Fsp3) is 0.462. The average Bonchev–Trinajstić information content (AvgIpc) is 2.30. The Bertz CT molecular complexity index is 325. The van der Waals surface area contributed by atoms with Crippen molar-refractivity contribution < 1.29 is 4.79 Å². The van der Waals surface area contributed by atoms with Gasteiger partial charge in [-0.3, -0.25) is 0 Å². The molecule has 0 heterocycles. The van der Waals surface area contributed by atoms with Gasteiger partial charge >= 0.3 is 6.03 Å². The molecule has 0 aliphatic heterocycles. The van der Waals surface area contributed by atoms with Gasteiger partial charge in [0.1, 0.15) is 0 Å². The van der Waals surface area contributed by atoms with Crippen molar-refractivity contribution in [2.75, 3.05) is 7.05 Å². The third-order valence-electron chi connectivity index (χ3n) is 1.94. The number of rotatable bonds is 2. The van der Waals surface area contributed by atoms with Crippen molar-refractivity contribution in [3.05, 3.63) is 34.9 Å². The van der Waals surface area contributed by atoms with Gasteiger partial charge in [0.15, 0.2) is 0 Å². The van der Waals surface area contributed by atoms with Crippen LogP contribution in [0.15, 0.2) is 24.3 Å².